The summed E-state index contributed by atoms with van der Waals surface area (Å²) < 4.78 is 0. The van der Waals surface area contributed by atoms with Gasteiger partial charge in [-0.2, -0.15) is 0 Å². The highest BCUT2D eigenvalue weighted by Gasteiger charge is 2.20. The van der Waals surface area contributed by atoms with Gasteiger partial charge in [0.05, 0.1) is 17.4 Å². The van der Waals surface area contributed by atoms with E-state index in [4.69, 9.17) is 0 Å². The van der Waals surface area contributed by atoms with Gasteiger partial charge in [-0.1, -0.05) is 37.3 Å². The third-order valence-electron chi connectivity index (χ3n) is 4.87. The number of piperidine rings is 1. The molecule has 2 aromatic rings. The average Bonchev–Trinajstić information content (AvgIpc) is 2.67. The number of nitrogens with zero attached hydrogens (tertiary/aromatic N) is 2. The summed E-state index contributed by atoms with van der Waals surface area (Å²) in [7, 11) is 0. The van der Waals surface area contributed by atoms with E-state index < -0.39 is 0 Å². The van der Waals surface area contributed by atoms with Crippen LogP contribution in [0.1, 0.15) is 42.1 Å². The summed E-state index contributed by atoms with van der Waals surface area (Å²) in [6, 6.07) is 12.7. The second-order valence-electron chi connectivity index (χ2n) is 6.81. The van der Waals surface area contributed by atoms with Crippen LogP contribution in [0.25, 0.3) is 0 Å². The van der Waals surface area contributed by atoms with Gasteiger partial charge >= 0.3 is 0 Å². The van der Waals surface area contributed by atoms with Gasteiger partial charge in [-0.15, -0.1) is 0 Å². The first kappa shape index (κ1) is 17.5. The van der Waals surface area contributed by atoms with Gasteiger partial charge in [0.2, 0.25) is 0 Å². The van der Waals surface area contributed by atoms with Crippen LogP contribution in [-0.4, -0.2) is 30.5 Å². The van der Waals surface area contributed by atoms with E-state index in [2.05, 4.69) is 52.5 Å². The van der Waals surface area contributed by atoms with Crippen LogP contribution in [0.2, 0.25) is 0 Å². The summed E-state index contributed by atoms with van der Waals surface area (Å²) >= 11 is 0. The van der Waals surface area contributed by atoms with E-state index in [1.165, 1.54) is 18.4 Å². The predicted octanol–water partition coefficient (Wildman–Crippen LogP) is 3.68. The molecule has 25 heavy (non-hydrogen) atoms. The maximum absolute atomic E-state index is 12.1. The average molecular weight is 337 g/mol. The highest BCUT2D eigenvalue weighted by molar-refractivity contribution is 5.94. The third-order valence-corrected chi connectivity index (χ3v) is 4.87. The lowest BCUT2D eigenvalue weighted by Crippen LogP contribution is -2.34. The van der Waals surface area contributed by atoms with Crippen molar-refractivity contribution in [3.8, 4) is 0 Å². The lowest BCUT2D eigenvalue weighted by atomic mass is 9.90. The zero-order valence-electron chi connectivity index (χ0n) is 14.9. The number of hydrogen-bond acceptors (Lipinski definition) is 3. The lowest BCUT2D eigenvalue weighted by Gasteiger charge is -2.33. The quantitative estimate of drug-likeness (QED) is 0.874. The summed E-state index contributed by atoms with van der Waals surface area (Å²) in [6.07, 6.45) is 7.98. The Kier molecular flexibility index (Phi) is 6.04. The fourth-order valence-electron chi connectivity index (χ4n) is 3.41. The molecule has 0 unspecified atom stereocenters. The number of benzene rings is 1. The molecule has 0 saturated carbocycles. The smallest absolute Gasteiger partial charge is 0.252 e. The molecule has 1 N–H and O–H groups in total. The molecule has 1 aliphatic heterocycles. The zero-order chi connectivity index (χ0) is 17.5. The van der Waals surface area contributed by atoms with Crippen molar-refractivity contribution >= 4 is 11.6 Å². The molecule has 2 heterocycles. The van der Waals surface area contributed by atoms with Crippen molar-refractivity contribution in [2.24, 2.45) is 5.92 Å². The monoisotopic (exact) mass is 337 g/mol. The number of amides is 1. The molecule has 0 bridgehead atoms. The van der Waals surface area contributed by atoms with Gasteiger partial charge < -0.3 is 10.2 Å². The maximum atomic E-state index is 12.1. The topological polar surface area (TPSA) is 45.2 Å². The predicted molar refractivity (Wildman–Crippen MR) is 102 cm³/mol. The molecule has 1 aromatic carbocycles. The molecule has 0 spiro atoms. The van der Waals surface area contributed by atoms with Gasteiger partial charge in [0.15, 0.2) is 0 Å². The van der Waals surface area contributed by atoms with Crippen LogP contribution < -0.4 is 10.2 Å². The number of anilines is 1. The zero-order valence-corrected chi connectivity index (χ0v) is 14.9. The number of nitrogens with one attached hydrogen (secondary N) is 1. The van der Waals surface area contributed by atoms with Crippen molar-refractivity contribution in [2.45, 2.75) is 32.6 Å². The minimum absolute atomic E-state index is 0.0323. The molecule has 4 heteroatoms. The van der Waals surface area contributed by atoms with E-state index in [9.17, 15) is 4.79 Å². The van der Waals surface area contributed by atoms with Crippen molar-refractivity contribution in [3.63, 3.8) is 0 Å². The molecule has 1 aliphatic rings. The van der Waals surface area contributed by atoms with Crippen molar-refractivity contribution < 1.29 is 4.79 Å². The van der Waals surface area contributed by atoms with Crippen LogP contribution in [0.5, 0.6) is 0 Å². The Balaban J connectivity index is 1.56. The molecule has 1 aromatic heterocycles. The first-order chi connectivity index (χ1) is 12.3. The SMILES string of the molecule is CCCNC(=O)c1cncc(N2CCC(Cc3ccccc3)CC2)c1. The van der Waals surface area contributed by atoms with E-state index in [1.54, 1.807) is 6.20 Å². The first-order valence-corrected chi connectivity index (χ1v) is 9.28. The van der Waals surface area contributed by atoms with Crippen molar-refractivity contribution in [1.82, 2.24) is 10.3 Å². The molecule has 0 radical (unpaired) electrons. The second kappa shape index (κ2) is 8.65. The lowest BCUT2D eigenvalue weighted by molar-refractivity contribution is 0.0953. The Bertz CT molecular complexity index is 679. The number of carbonyl (C=O) groups excluding carboxylic acids is 1. The number of aromatic nitrogens is 1. The maximum Gasteiger partial charge on any atom is 0.252 e. The van der Waals surface area contributed by atoms with Crippen molar-refractivity contribution in [2.75, 3.05) is 24.5 Å². The highest BCUT2D eigenvalue weighted by Crippen LogP contribution is 2.25. The van der Waals surface area contributed by atoms with Crippen LogP contribution in [0.15, 0.2) is 48.8 Å². The highest BCUT2D eigenvalue weighted by atomic mass is 16.1. The van der Waals surface area contributed by atoms with E-state index in [-0.39, 0.29) is 5.91 Å². The van der Waals surface area contributed by atoms with Crippen LogP contribution in [0, 0.1) is 5.92 Å². The Morgan fingerprint density at radius 3 is 2.68 bits per heavy atom. The normalized spacial score (nSPS) is 15.2. The summed E-state index contributed by atoms with van der Waals surface area (Å²) in [5.41, 5.74) is 3.14. The Morgan fingerprint density at radius 2 is 1.96 bits per heavy atom. The van der Waals surface area contributed by atoms with Crippen molar-refractivity contribution in [1.29, 1.82) is 0 Å². The standard InChI is InChI=1S/C21H27N3O/c1-2-10-23-21(25)19-14-20(16-22-15-19)24-11-8-18(9-12-24)13-17-6-4-3-5-7-17/h3-7,14-16,18H,2,8-13H2,1H3,(H,23,25). The molecular weight excluding hydrogens is 310 g/mol. The summed E-state index contributed by atoms with van der Waals surface area (Å²) in [4.78, 5) is 18.7. The molecule has 1 fully saturated rings. The first-order valence-electron chi connectivity index (χ1n) is 9.28. The molecule has 0 atom stereocenters. The number of carbonyl (C=O) groups is 1. The molecule has 132 valence electrons. The number of pyridine rings is 1. The van der Waals surface area contributed by atoms with Crippen LogP contribution in [0.3, 0.4) is 0 Å². The second-order valence-corrected chi connectivity index (χ2v) is 6.81. The van der Waals surface area contributed by atoms with Crippen LogP contribution in [-0.2, 0) is 6.42 Å². The minimum Gasteiger partial charge on any atom is -0.370 e. The molecule has 0 aliphatic carbocycles. The van der Waals surface area contributed by atoms with E-state index in [0.29, 0.717) is 12.1 Å². The van der Waals surface area contributed by atoms with Crippen molar-refractivity contribution in [3.05, 3.63) is 59.9 Å². The Morgan fingerprint density at radius 1 is 1.20 bits per heavy atom. The van der Waals surface area contributed by atoms with E-state index >= 15 is 0 Å². The van der Waals surface area contributed by atoms with Gasteiger partial charge in [-0.3, -0.25) is 9.78 Å². The van der Waals surface area contributed by atoms with Gasteiger partial charge in [-0.05, 0) is 43.2 Å². The summed E-state index contributed by atoms with van der Waals surface area (Å²) in [6.45, 7) is 4.81. The number of hydrogen-bond donors (Lipinski definition) is 1. The van der Waals surface area contributed by atoms with Gasteiger partial charge in [0.1, 0.15) is 0 Å². The summed E-state index contributed by atoms with van der Waals surface area (Å²) in [5.74, 6) is 0.706. The number of rotatable bonds is 6. The third kappa shape index (κ3) is 4.81. The molecule has 3 rings (SSSR count). The van der Waals surface area contributed by atoms with E-state index in [0.717, 1.165) is 37.5 Å². The Hall–Kier alpha value is -2.36. The Labute approximate surface area is 150 Å². The van der Waals surface area contributed by atoms with Gasteiger partial charge in [0, 0.05) is 25.8 Å². The summed E-state index contributed by atoms with van der Waals surface area (Å²) in [5, 5.41) is 2.92. The minimum atomic E-state index is -0.0323. The van der Waals surface area contributed by atoms with Gasteiger partial charge in [0.25, 0.3) is 5.91 Å². The molecule has 1 amide bonds. The van der Waals surface area contributed by atoms with Crippen LogP contribution in [0.4, 0.5) is 5.69 Å². The fraction of sp³-hybridized carbons (Fsp3) is 0.429. The van der Waals surface area contributed by atoms with E-state index in [1.807, 2.05) is 12.3 Å². The van der Waals surface area contributed by atoms with Crippen LogP contribution >= 0.6 is 0 Å². The molecular formula is C21H27N3O. The fourth-order valence-corrected chi connectivity index (χ4v) is 3.41. The van der Waals surface area contributed by atoms with Gasteiger partial charge in [-0.25, -0.2) is 0 Å². The molecule has 4 nitrogen and oxygen atoms in total. The largest absolute Gasteiger partial charge is 0.370 e. The molecule has 1 saturated heterocycles.